The molecule has 2 aromatic heterocycles. The molecule has 0 unspecified atom stereocenters. The van der Waals surface area contributed by atoms with E-state index in [4.69, 9.17) is 0 Å². The third-order valence-corrected chi connectivity index (χ3v) is 3.17. The molecule has 0 atom stereocenters. The minimum absolute atomic E-state index is 0.794. The molecular formula is C13H16N6. The van der Waals surface area contributed by atoms with Gasteiger partial charge in [0, 0.05) is 24.7 Å². The number of hydrogen-bond donors (Lipinski definition) is 1. The summed E-state index contributed by atoms with van der Waals surface area (Å²) in [5, 5.41) is 13.1. The minimum atomic E-state index is 0.794. The predicted molar refractivity (Wildman–Crippen MR) is 74.0 cm³/mol. The van der Waals surface area contributed by atoms with Crippen LogP contribution in [0.3, 0.4) is 0 Å². The predicted octanol–water partition coefficient (Wildman–Crippen LogP) is 1.59. The van der Waals surface area contributed by atoms with Gasteiger partial charge in [-0.1, -0.05) is 0 Å². The van der Waals surface area contributed by atoms with Gasteiger partial charge >= 0.3 is 0 Å². The molecule has 6 heteroatoms. The number of fused-ring (bicyclic) bond motifs is 1. The van der Waals surface area contributed by atoms with Crippen LogP contribution in [0.5, 0.6) is 0 Å². The smallest absolute Gasteiger partial charge is 0.137 e. The molecule has 0 aliphatic heterocycles. The first-order chi connectivity index (χ1) is 9.24. The van der Waals surface area contributed by atoms with Gasteiger partial charge in [-0.25, -0.2) is 4.98 Å². The largest absolute Gasteiger partial charge is 0.383 e. The second kappa shape index (κ2) is 4.72. The van der Waals surface area contributed by atoms with Crippen LogP contribution >= 0.6 is 0 Å². The highest BCUT2D eigenvalue weighted by Gasteiger charge is 2.05. The lowest BCUT2D eigenvalue weighted by atomic mass is 10.2. The second-order valence-corrected chi connectivity index (χ2v) is 4.53. The normalized spacial score (nSPS) is 11.1. The van der Waals surface area contributed by atoms with Gasteiger partial charge in [0.1, 0.15) is 12.7 Å². The summed E-state index contributed by atoms with van der Waals surface area (Å²) < 4.78 is 3.72. The Kier molecular flexibility index (Phi) is 2.91. The second-order valence-electron chi connectivity index (χ2n) is 4.53. The van der Waals surface area contributed by atoms with Crippen molar-refractivity contribution < 1.29 is 0 Å². The number of benzene rings is 1. The highest BCUT2D eigenvalue weighted by molar-refractivity contribution is 5.84. The fourth-order valence-electron chi connectivity index (χ4n) is 2.21. The summed E-state index contributed by atoms with van der Waals surface area (Å²) in [6, 6.07) is 6.31. The molecule has 1 N–H and O–H groups in total. The Labute approximate surface area is 111 Å². The van der Waals surface area contributed by atoms with E-state index in [1.165, 1.54) is 5.39 Å². The third kappa shape index (κ3) is 2.29. The van der Waals surface area contributed by atoms with E-state index in [-0.39, 0.29) is 0 Å². The Bertz CT molecular complexity index is 683. The zero-order valence-electron chi connectivity index (χ0n) is 11.0. The fourth-order valence-corrected chi connectivity index (χ4v) is 2.21. The Morgan fingerprint density at radius 3 is 3.00 bits per heavy atom. The van der Waals surface area contributed by atoms with Crippen molar-refractivity contribution in [2.45, 2.75) is 13.5 Å². The molecule has 0 spiro atoms. The van der Waals surface area contributed by atoms with Crippen molar-refractivity contribution in [3.63, 3.8) is 0 Å². The van der Waals surface area contributed by atoms with Gasteiger partial charge in [0.15, 0.2) is 0 Å². The van der Waals surface area contributed by atoms with Crippen molar-refractivity contribution in [3.8, 4) is 0 Å². The Morgan fingerprint density at radius 1 is 1.32 bits per heavy atom. The van der Waals surface area contributed by atoms with E-state index in [2.05, 4.69) is 38.7 Å². The molecule has 19 heavy (non-hydrogen) atoms. The van der Waals surface area contributed by atoms with Crippen LogP contribution in [0.2, 0.25) is 0 Å². The Hall–Kier alpha value is -2.37. The molecule has 0 saturated carbocycles. The van der Waals surface area contributed by atoms with E-state index in [0.717, 1.165) is 30.0 Å². The maximum atomic E-state index is 4.42. The van der Waals surface area contributed by atoms with Crippen LogP contribution in [-0.2, 0) is 13.6 Å². The van der Waals surface area contributed by atoms with E-state index >= 15 is 0 Å². The lowest BCUT2D eigenvalue weighted by Crippen LogP contribution is -2.10. The van der Waals surface area contributed by atoms with E-state index in [1.54, 1.807) is 17.3 Å². The van der Waals surface area contributed by atoms with E-state index in [9.17, 15) is 0 Å². The molecular weight excluding hydrogens is 240 g/mol. The van der Waals surface area contributed by atoms with Crippen LogP contribution in [0, 0.1) is 6.92 Å². The summed E-state index contributed by atoms with van der Waals surface area (Å²) in [5.74, 6) is 0. The highest BCUT2D eigenvalue weighted by Crippen LogP contribution is 2.21. The molecule has 0 saturated heterocycles. The minimum Gasteiger partial charge on any atom is -0.383 e. The van der Waals surface area contributed by atoms with Gasteiger partial charge in [0.2, 0.25) is 0 Å². The number of nitrogens with one attached hydrogen (secondary N) is 1. The topological polar surface area (TPSA) is 60.6 Å². The van der Waals surface area contributed by atoms with Crippen LogP contribution < -0.4 is 5.32 Å². The number of nitrogens with zero attached hydrogens (tertiary/aromatic N) is 5. The maximum absolute atomic E-state index is 4.42. The van der Waals surface area contributed by atoms with Crippen molar-refractivity contribution in [1.82, 2.24) is 24.5 Å². The molecule has 0 bridgehead atoms. The zero-order valence-corrected chi connectivity index (χ0v) is 11.0. The third-order valence-electron chi connectivity index (χ3n) is 3.17. The van der Waals surface area contributed by atoms with Crippen LogP contribution in [0.25, 0.3) is 10.9 Å². The number of rotatable bonds is 4. The first-order valence-electron chi connectivity index (χ1n) is 6.24. The lowest BCUT2D eigenvalue weighted by molar-refractivity contribution is 0.636. The van der Waals surface area contributed by atoms with Gasteiger partial charge in [0.05, 0.1) is 17.8 Å². The molecule has 0 aliphatic carbocycles. The molecule has 0 amide bonds. The lowest BCUT2D eigenvalue weighted by Gasteiger charge is -2.06. The highest BCUT2D eigenvalue weighted by atomic mass is 15.3. The summed E-state index contributed by atoms with van der Waals surface area (Å²) in [7, 11) is 1.97. The van der Waals surface area contributed by atoms with Crippen molar-refractivity contribution in [3.05, 3.63) is 36.5 Å². The number of aryl methyl sites for hydroxylation is 2. The molecule has 1 aromatic carbocycles. The van der Waals surface area contributed by atoms with Gasteiger partial charge in [-0.3, -0.25) is 9.36 Å². The fraction of sp³-hybridized carbons (Fsp3) is 0.308. The number of anilines is 1. The van der Waals surface area contributed by atoms with Crippen molar-refractivity contribution in [1.29, 1.82) is 0 Å². The SMILES string of the molecule is Cc1nn(C)c2cc(NCCn3cncn3)ccc12. The van der Waals surface area contributed by atoms with Crippen molar-refractivity contribution in [2.75, 3.05) is 11.9 Å². The molecule has 0 aliphatic rings. The van der Waals surface area contributed by atoms with Gasteiger partial charge in [-0.15, -0.1) is 0 Å². The quantitative estimate of drug-likeness (QED) is 0.770. The molecule has 0 fully saturated rings. The van der Waals surface area contributed by atoms with E-state index in [0.29, 0.717) is 0 Å². The van der Waals surface area contributed by atoms with Crippen LogP contribution in [0.1, 0.15) is 5.69 Å². The van der Waals surface area contributed by atoms with Crippen molar-refractivity contribution in [2.24, 2.45) is 7.05 Å². The molecule has 0 radical (unpaired) electrons. The van der Waals surface area contributed by atoms with E-state index < -0.39 is 0 Å². The summed E-state index contributed by atoms with van der Waals surface area (Å²) in [4.78, 5) is 3.92. The average molecular weight is 256 g/mol. The zero-order chi connectivity index (χ0) is 13.2. The van der Waals surface area contributed by atoms with E-state index in [1.807, 2.05) is 18.7 Å². The first-order valence-corrected chi connectivity index (χ1v) is 6.24. The summed E-state index contributed by atoms with van der Waals surface area (Å²) in [5.41, 5.74) is 3.30. The maximum Gasteiger partial charge on any atom is 0.137 e. The van der Waals surface area contributed by atoms with Crippen LogP contribution in [0.15, 0.2) is 30.9 Å². The van der Waals surface area contributed by atoms with Gasteiger partial charge in [-0.05, 0) is 25.1 Å². The summed E-state index contributed by atoms with van der Waals surface area (Å²) in [6.07, 6.45) is 3.26. The standard InChI is InChI=1S/C13H16N6/c1-10-12-4-3-11(7-13(12)18(2)17-10)15-5-6-19-9-14-8-16-19/h3-4,7-9,15H,5-6H2,1-2H3. The van der Waals surface area contributed by atoms with Crippen LogP contribution in [0.4, 0.5) is 5.69 Å². The molecule has 3 rings (SSSR count). The van der Waals surface area contributed by atoms with Gasteiger partial charge in [0.25, 0.3) is 0 Å². The Morgan fingerprint density at radius 2 is 2.21 bits per heavy atom. The summed E-state index contributed by atoms with van der Waals surface area (Å²) >= 11 is 0. The van der Waals surface area contributed by atoms with Crippen LogP contribution in [-0.4, -0.2) is 31.1 Å². The summed E-state index contributed by atoms with van der Waals surface area (Å²) in [6.45, 7) is 3.63. The van der Waals surface area contributed by atoms with Gasteiger partial charge in [-0.2, -0.15) is 10.2 Å². The molecule has 98 valence electrons. The first kappa shape index (κ1) is 11.7. The monoisotopic (exact) mass is 256 g/mol. The number of hydrogen-bond acceptors (Lipinski definition) is 4. The number of aromatic nitrogens is 5. The van der Waals surface area contributed by atoms with Gasteiger partial charge < -0.3 is 5.32 Å². The molecule has 6 nitrogen and oxygen atoms in total. The molecule has 2 heterocycles. The average Bonchev–Trinajstić information content (AvgIpc) is 3.00. The van der Waals surface area contributed by atoms with Crippen molar-refractivity contribution >= 4 is 16.6 Å². The molecule has 3 aromatic rings. The Balaban J connectivity index is 1.73.